The number of azo groups is 1. The van der Waals surface area contributed by atoms with Crippen molar-refractivity contribution in [1.82, 2.24) is 4.98 Å². The number of hydrogen-bond acceptors (Lipinski definition) is 7. The number of aromatic nitrogens is 1. The van der Waals surface area contributed by atoms with Crippen LogP contribution in [0.2, 0.25) is 0 Å². The van der Waals surface area contributed by atoms with Gasteiger partial charge in [0.05, 0.1) is 21.8 Å². The molecular formula is C19H13N3Na2O6S2. The summed E-state index contributed by atoms with van der Waals surface area (Å²) >= 11 is 0. The zero-order chi connectivity index (χ0) is 21.5. The molecule has 0 fully saturated rings. The minimum absolute atomic E-state index is 0. The number of pyridine rings is 1. The minimum atomic E-state index is -4.49. The molecule has 0 saturated carbocycles. The molecule has 3 aromatic carbocycles. The van der Waals surface area contributed by atoms with Crippen LogP contribution in [-0.2, 0) is 20.2 Å². The van der Waals surface area contributed by atoms with Gasteiger partial charge in [0.2, 0.25) is 0 Å². The van der Waals surface area contributed by atoms with Crippen molar-refractivity contribution in [3.8, 4) is 0 Å². The normalized spacial score (nSPS) is 11.9. The van der Waals surface area contributed by atoms with Crippen LogP contribution in [0.1, 0.15) is 0 Å². The Morgan fingerprint density at radius 2 is 1.38 bits per heavy atom. The molecule has 0 bridgehead atoms. The predicted octanol–water partition coefficient (Wildman–Crippen LogP) is 3.54. The van der Waals surface area contributed by atoms with Gasteiger partial charge in [0.15, 0.2) is 0 Å². The Kier molecular flexibility index (Phi) is 8.73. The van der Waals surface area contributed by atoms with Gasteiger partial charge in [-0.05, 0) is 59.3 Å². The van der Waals surface area contributed by atoms with Crippen molar-refractivity contribution in [3.05, 3.63) is 66.9 Å². The monoisotopic (exact) mass is 489 g/mol. The fourth-order valence-corrected chi connectivity index (χ4v) is 4.19. The maximum atomic E-state index is 11.7. The topological polar surface area (TPSA) is 146 Å². The molecule has 0 spiro atoms. The Labute approximate surface area is 228 Å². The molecule has 0 amide bonds. The minimum Gasteiger partial charge on any atom is -0.282 e. The molecule has 13 heteroatoms. The molecule has 2 N–H and O–H groups in total. The number of benzene rings is 3. The molecule has 0 saturated heterocycles. The first-order chi connectivity index (χ1) is 14.1. The van der Waals surface area contributed by atoms with Gasteiger partial charge in [0.25, 0.3) is 20.2 Å². The van der Waals surface area contributed by atoms with Gasteiger partial charge in [-0.1, -0.05) is 12.1 Å². The summed E-state index contributed by atoms with van der Waals surface area (Å²) in [6.07, 6.45) is 1.49. The largest absolute Gasteiger partial charge is 0.295 e. The van der Waals surface area contributed by atoms with E-state index >= 15 is 0 Å². The average molecular weight is 489 g/mol. The first-order valence-corrected chi connectivity index (χ1v) is 11.3. The Hall–Kier alpha value is -1.25. The zero-order valence-corrected chi connectivity index (χ0v) is 22.7. The van der Waals surface area contributed by atoms with Gasteiger partial charge in [-0.3, -0.25) is 14.1 Å². The van der Waals surface area contributed by atoms with Crippen molar-refractivity contribution in [2.75, 3.05) is 0 Å². The summed E-state index contributed by atoms with van der Waals surface area (Å²) in [4.78, 5) is 3.56. The molecule has 4 rings (SSSR count). The first-order valence-electron chi connectivity index (χ1n) is 8.41. The number of rotatable bonds is 4. The Bertz CT molecular complexity index is 1560. The Morgan fingerprint density at radius 1 is 0.719 bits per heavy atom. The standard InChI is InChI=1S/C19H13N3O6S2.2Na/c23-29(24,25)16-6-4-12-8-14(5-3-13(12)9-16)21-22-15-10-18-17(2-1-7-20-18)19(11-15)30(26,27)28;;/h1-11H,(H,23,24,25)(H,26,27,28);;. The van der Waals surface area contributed by atoms with Gasteiger partial charge in [-0.15, -0.1) is 0 Å². The molecule has 2 radical (unpaired) electrons. The van der Waals surface area contributed by atoms with Crippen molar-refractivity contribution in [2.45, 2.75) is 9.79 Å². The van der Waals surface area contributed by atoms with E-state index in [0.29, 0.717) is 22.0 Å². The maximum Gasteiger partial charge on any atom is 0.295 e. The van der Waals surface area contributed by atoms with E-state index in [0.717, 1.165) is 0 Å². The van der Waals surface area contributed by atoms with Gasteiger partial charge >= 0.3 is 0 Å². The molecule has 0 aliphatic rings. The summed E-state index contributed by atoms with van der Waals surface area (Å²) < 4.78 is 64.6. The third kappa shape index (κ3) is 6.00. The van der Waals surface area contributed by atoms with Crippen LogP contribution in [-0.4, -0.2) is 90.0 Å². The molecule has 0 atom stereocenters. The summed E-state index contributed by atoms with van der Waals surface area (Å²) in [5.74, 6) is 0. The summed E-state index contributed by atoms with van der Waals surface area (Å²) in [5.41, 5.74) is 0.935. The van der Waals surface area contributed by atoms with Gasteiger partial charge < -0.3 is 0 Å². The molecule has 0 unspecified atom stereocenters. The van der Waals surface area contributed by atoms with Crippen LogP contribution in [0, 0.1) is 0 Å². The quantitative estimate of drug-likeness (QED) is 0.253. The van der Waals surface area contributed by atoms with E-state index in [1.54, 1.807) is 24.3 Å². The van der Waals surface area contributed by atoms with Crippen molar-refractivity contribution < 1.29 is 25.9 Å². The SMILES string of the molecule is O=S(=O)(O)c1ccc2cc(N=Nc3cc(S(=O)(=O)O)c4cccnc4c3)ccc2c1.[Na].[Na]. The van der Waals surface area contributed by atoms with Crippen LogP contribution >= 0.6 is 0 Å². The fourth-order valence-electron chi connectivity index (χ4n) is 2.96. The number of nitrogens with zero attached hydrogens (tertiary/aromatic N) is 3. The summed E-state index contributed by atoms with van der Waals surface area (Å²) in [6, 6.07) is 14.8. The third-order valence-electron chi connectivity index (χ3n) is 4.32. The van der Waals surface area contributed by atoms with E-state index in [2.05, 4.69) is 15.2 Å². The fraction of sp³-hybridized carbons (Fsp3) is 0. The molecular weight excluding hydrogens is 476 g/mol. The van der Waals surface area contributed by atoms with E-state index in [-0.39, 0.29) is 80.0 Å². The van der Waals surface area contributed by atoms with Crippen LogP contribution in [0.15, 0.2) is 86.9 Å². The molecule has 0 aliphatic heterocycles. The Morgan fingerprint density at radius 3 is 2.06 bits per heavy atom. The van der Waals surface area contributed by atoms with Crippen LogP contribution in [0.4, 0.5) is 11.4 Å². The van der Waals surface area contributed by atoms with Gasteiger partial charge in [0, 0.05) is 70.7 Å². The van der Waals surface area contributed by atoms with Crippen molar-refractivity contribution in [1.29, 1.82) is 0 Å². The number of hydrogen-bond donors (Lipinski definition) is 2. The third-order valence-corrected chi connectivity index (χ3v) is 6.06. The van der Waals surface area contributed by atoms with Crippen molar-refractivity contribution >= 4 is 112 Å². The maximum absolute atomic E-state index is 11.7. The van der Waals surface area contributed by atoms with Crippen molar-refractivity contribution in [3.63, 3.8) is 0 Å². The smallest absolute Gasteiger partial charge is 0.282 e. The second-order valence-electron chi connectivity index (χ2n) is 6.36. The van der Waals surface area contributed by atoms with E-state index in [9.17, 15) is 21.4 Å². The summed E-state index contributed by atoms with van der Waals surface area (Å²) in [7, 11) is -8.79. The van der Waals surface area contributed by atoms with Crippen molar-refractivity contribution in [2.24, 2.45) is 10.2 Å². The summed E-state index contributed by atoms with van der Waals surface area (Å²) in [6.45, 7) is 0. The van der Waals surface area contributed by atoms with Crippen LogP contribution in [0.5, 0.6) is 0 Å². The molecule has 0 aliphatic carbocycles. The van der Waals surface area contributed by atoms with Crippen LogP contribution < -0.4 is 0 Å². The van der Waals surface area contributed by atoms with Crippen LogP contribution in [0.3, 0.4) is 0 Å². The van der Waals surface area contributed by atoms with Gasteiger partial charge in [0.1, 0.15) is 4.90 Å². The molecule has 9 nitrogen and oxygen atoms in total. The second kappa shape index (κ2) is 10.3. The molecule has 1 aromatic heterocycles. The zero-order valence-electron chi connectivity index (χ0n) is 17.0. The van der Waals surface area contributed by atoms with Gasteiger partial charge in [-0.2, -0.15) is 27.1 Å². The number of fused-ring (bicyclic) bond motifs is 2. The summed E-state index contributed by atoms with van der Waals surface area (Å²) in [5, 5.41) is 9.62. The predicted molar refractivity (Wildman–Crippen MR) is 121 cm³/mol. The molecule has 32 heavy (non-hydrogen) atoms. The molecule has 4 aromatic rings. The second-order valence-corrected chi connectivity index (χ2v) is 9.17. The van der Waals surface area contributed by atoms with E-state index in [4.69, 9.17) is 4.55 Å². The van der Waals surface area contributed by atoms with E-state index in [1.165, 1.54) is 42.6 Å². The molecule has 154 valence electrons. The first kappa shape index (κ1) is 27.0. The Balaban J connectivity index is 0.00000181. The van der Waals surface area contributed by atoms with E-state index in [1.807, 2.05) is 0 Å². The van der Waals surface area contributed by atoms with Gasteiger partial charge in [-0.25, -0.2) is 0 Å². The molecule has 1 heterocycles. The average Bonchev–Trinajstić information content (AvgIpc) is 2.69. The van der Waals surface area contributed by atoms with E-state index < -0.39 is 20.2 Å². The van der Waals surface area contributed by atoms with Crippen LogP contribution in [0.25, 0.3) is 21.7 Å².